The number of ether oxygens (including phenoxy) is 1. The van der Waals surface area contributed by atoms with Gasteiger partial charge in [0.05, 0.1) is 10.6 Å². The molecule has 172 valence electrons. The highest BCUT2D eigenvalue weighted by molar-refractivity contribution is 6.31. The predicted octanol–water partition coefficient (Wildman–Crippen LogP) is 6.21. The molecule has 3 N–H and O–H groups in total. The number of alkyl halides is 3. The third-order valence-corrected chi connectivity index (χ3v) is 4.63. The zero-order valence-electron chi connectivity index (χ0n) is 16.8. The van der Waals surface area contributed by atoms with Crippen molar-refractivity contribution in [3.05, 3.63) is 76.9 Å². The summed E-state index contributed by atoms with van der Waals surface area (Å²) in [7, 11) is 0. The van der Waals surface area contributed by atoms with Crippen molar-refractivity contribution in [3.8, 4) is 11.5 Å². The van der Waals surface area contributed by atoms with Gasteiger partial charge in [-0.3, -0.25) is 10.1 Å². The Labute approximate surface area is 191 Å². The molecule has 0 aliphatic carbocycles. The maximum atomic E-state index is 13.0. The first-order valence-electron chi connectivity index (χ1n) is 9.49. The number of rotatable bonds is 7. The van der Waals surface area contributed by atoms with Gasteiger partial charge in [-0.25, -0.2) is 9.78 Å². The molecule has 1 heterocycles. The molecule has 11 heteroatoms. The lowest BCUT2D eigenvalue weighted by Gasteiger charge is -2.12. The first-order valence-corrected chi connectivity index (χ1v) is 9.87. The molecule has 0 saturated carbocycles. The second-order valence-electron chi connectivity index (χ2n) is 6.80. The molecule has 3 rings (SSSR count). The summed E-state index contributed by atoms with van der Waals surface area (Å²) in [5.41, 5.74) is -0.269. The average Bonchev–Trinajstić information content (AvgIpc) is 2.73. The number of halogens is 4. The number of hydrogen-bond donors (Lipinski definition) is 3. The van der Waals surface area contributed by atoms with Gasteiger partial charge in [-0.05, 0) is 48.4 Å². The van der Waals surface area contributed by atoms with Gasteiger partial charge in [-0.1, -0.05) is 23.7 Å². The van der Waals surface area contributed by atoms with Crippen LogP contribution in [0.15, 0.2) is 60.8 Å². The van der Waals surface area contributed by atoms with E-state index in [0.29, 0.717) is 17.9 Å². The van der Waals surface area contributed by atoms with Gasteiger partial charge in [0.15, 0.2) is 0 Å². The van der Waals surface area contributed by atoms with E-state index in [-0.39, 0.29) is 17.9 Å². The second kappa shape index (κ2) is 10.2. The molecule has 0 spiro atoms. The third kappa shape index (κ3) is 7.11. The summed E-state index contributed by atoms with van der Waals surface area (Å²) >= 11 is 5.58. The summed E-state index contributed by atoms with van der Waals surface area (Å²) in [6, 6.07) is 13.0. The number of anilines is 2. The Balaban J connectivity index is 1.60. The highest BCUT2D eigenvalue weighted by Crippen LogP contribution is 2.36. The SMILES string of the molecule is O=C(O)Nc1cc(Oc2cccc(CCC(=O)Nc3ccc(Cl)c(C(F)(F)F)c3)c2)ccn1. The number of carboxylic acid groups (broad SMARTS) is 1. The fourth-order valence-electron chi connectivity index (χ4n) is 2.85. The van der Waals surface area contributed by atoms with E-state index in [0.717, 1.165) is 17.7 Å². The van der Waals surface area contributed by atoms with Crippen LogP contribution in [-0.2, 0) is 17.4 Å². The van der Waals surface area contributed by atoms with Crippen LogP contribution < -0.4 is 15.4 Å². The monoisotopic (exact) mass is 479 g/mol. The first kappa shape index (κ1) is 23.9. The van der Waals surface area contributed by atoms with E-state index < -0.39 is 28.8 Å². The lowest BCUT2D eigenvalue weighted by molar-refractivity contribution is -0.137. The van der Waals surface area contributed by atoms with E-state index in [1.807, 2.05) is 0 Å². The minimum atomic E-state index is -4.63. The average molecular weight is 480 g/mol. The predicted molar refractivity (Wildman–Crippen MR) is 116 cm³/mol. The van der Waals surface area contributed by atoms with Crippen LogP contribution in [0, 0.1) is 0 Å². The van der Waals surface area contributed by atoms with E-state index in [1.54, 1.807) is 30.3 Å². The van der Waals surface area contributed by atoms with E-state index in [9.17, 15) is 22.8 Å². The van der Waals surface area contributed by atoms with Gasteiger partial charge in [0.2, 0.25) is 5.91 Å². The highest BCUT2D eigenvalue weighted by Gasteiger charge is 2.33. The molecule has 3 aromatic rings. The van der Waals surface area contributed by atoms with Crippen molar-refractivity contribution in [1.29, 1.82) is 0 Å². The number of amides is 2. The molecule has 0 atom stereocenters. The third-order valence-electron chi connectivity index (χ3n) is 4.30. The maximum absolute atomic E-state index is 13.0. The number of carbonyl (C=O) groups is 2. The van der Waals surface area contributed by atoms with Crippen molar-refractivity contribution < 1.29 is 32.6 Å². The molecule has 0 saturated heterocycles. The number of hydrogen-bond acceptors (Lipinski definition) is 4. The molecule has 0 fully saturated rings. The molecule has 2 amide bonds. The fourth-order valence-corrected chi connectivity index (χ4v) is 3.08. The van der Waals surface area contributed by atoms with Crippen LogP contribution >= 0.6 is 11.6 Å². The Kier molecular flexibility index (Phi) is 7.39. The first-order chi connectivity index (χ1) is 15.6. The minimum absolute atomic E-state index is 0.00253. The second-order valence-corrected chi connectivity index (χ2v) is 7.20. The minimum Gasteiger partial charge on any atom is -0.465 e. The van der Waals surface area contributed by atoms with Gasteiger partial charge in [0, 0.05) is 24.4 Å². The summed E-state index contributed by atoms with van der Waals surface area (Å²) in [4.78, 5) is 26.8. The number of benzene rings is 2. The molecule has 7 nitrogen and oxygen atoms in total. The molecule has 2 aromatic carbocycles. The number of carbonyl (C=O) groups excluding carboxylic acids is 1. The quantitative estimate of drug-likeness (QED) is 0.374. The zero-order chi connectivity index (χ0) is 24.0. The van der Waals surface area contributed by atoms with Crippen LogP contribution in [0.1, 0.15) is 17.5 Å². The summed E-state index contributed by atoms with van der Waals surface area (Å²) in [6.45, 7) is 0. The summed E-state index contributed by atoms with van der Waals surface area (Å²) in [5, 5.41) is 12.9. The number of pyridine rings is 1. The van der Waals surface area contributed by atoms with Crippen LogP contribution in [0.4, 0.5) is 29.5 Å². The fraction of sp³-hybridized carbons (Fsp3) is 0.136. The molecule has 1 aromatic heterocycles. The molecule has 0 aliphatic heterocycles. The van der Waals surface area contributed by atoms with Crippen LogP contribution in [0.2, 0.25) is 5.02 Å². The van der Waals surface area contributed by atoms with Gasteiger partial charge in [-0.2, -0.15) is 13.2 Å². The maximum Gasteiger partial charge on any atom is 0.417 e. The van der Waals surface area contributed by atoms with Crippen LogP contribution in [0.5, 0.6) is 11.5 Å². The normalized spacial score (nSPS) is 11.0. The number of nitrogens with one attached hydrogen (secondary N) is 2. The van der Waals surface area contributed by atoms with Crippen molar-refractivity contribution in [3.63, 3.8) is 0 Å². The zero-order valence-corrected chi connectivity index (χ0v) is 17.6. The Morgan fingerprint density at radius 3 is 2.52 bits per heavy atom. The van der Waals surface area contributed by atoms with Gasteiger partial charge in [0.1, 0.15) is 17.3 Å². The molecule has 33 heavy (non-hydrogen) atoms. The Hall–Kier alpha value is -3.79. The van der Waals surface area contributed by atoms with Crippen molar-refractivity contribution in [2.45, 2.75) is 19.0 Å². The lowest BCUT2D eigenvalue weighted by atomic mass is 10.1. The van der Waals surface area contributed by atoms with Gasteiger partial charge >= 0.3 is 12.3 Å². The topological polar surface area (TPSA) is 101 Å². The number of aromatic nitrogens is 1. The molecular formula is C22H17ClF3N3O4. The number of nitrogens with zero attached hydrogens (tertiary/aromatic N) is 1. The van der Waals surface area contributed by atoms with Crippen LogP contribution in [-0.4, -0.2) is 22.1 Å². The van der Waals surface area contributed by atoms with Gasteiger partial charge in [0.25, 0.3) is 0 Å². The van der Waals surface area contributed by atoms with Crippen molar-refractivity contribution >= 4 is 35.1 Å². The van der Waals surface area contributed by atoms with Crippen molar-refractivity contribution in [2.24, 2.45) is 0 Å². The molecule has 0 radical (unpaired) electrons. The Morgan fingerprint density at radius 1 is 1.03 bits per heavy atom. The van der Waals surface area contributed by atoms with Crippen LogP contribution in [0.3, 0.4) is 0 Å². The Bertz CT molecular complexity index is 1170. The molecule has 0 aliphatic rings. The molecule has 0 unspecified atom stereocenters. The standard InChI is InChI=1S/C22H17ClF3N3O4/c23-18-6-5-14(11-17(18)22(24,25)26)28-20(30)7-4-13-2-1-3-15(10-13)33-16-8-9-27-19(12-16)29-21(31)32/h1-3,5-6,8-12H,4,7H2,(H,27,29)(H,28,30)(H,31,32). The smallest absolute Gasteiger partial charge is 0.417 e. The van der Waals surface area contributed by atoms with E-state index >= 15 is 0 Å². The van der Waals surface area contributed by atoms with E-state index in [2.05, 4.69) is 15.6 Å². The summed E-state index contributed by atoms with van der Waals surface area (Å²) in [5.74, 6) is 0.443. The van der Waals surface area contributed by atoms with Crippen molar-refractivity contribution in [2.75, 3.05) is 10.6 Å². The summed E-state index contributed by atoms with van der Waals surface area (Å²) in [6.07, 6.45) is -4.17. The van der Waals surface area contributed by atoms with Crippen LogP contribution in [0.25, 0.3) is 0 Å². The highest BCUT2D eigenvalue weighted by atomic mass is 35.5. The van der Waals surface area contributed by atoms with Crippen molar-refractivity contribution in [1.82, 2.24) is 4.98 Å². The lowest BCUT2D eigenvalue weighted by Crippen LogP contribution is -2.14. The van der Waals surface area contributed by atoms with E-state index in [1.165, 1.54) is 18.3 Å². The Morgan fingerprint density at radius 2 is 1.79 bits per heavy atom. The van der Waals surface area contributed by atoms with Gasteiger partial charge < -0.3 is 15.2 Å². The van der Waals surface area contributed by atoms with Gasteiger partial charge in [-0.15, -0.1) is 0 Å². The molecular weight excluding hydrogens is 463 g/mol. The number of aryl methyl sites for hydroxylation is 1. The van der Waals surface area contributed by atoms with E-state index in [4.69, 9.17) is 21.4 Å². The largest absolute Gasteiger partial charge is 0.465 e. The summed E-state index contributed by atoms with van der Waals surface area (Å²) < 4.78 is 44.6. The molecule has 0 bridgehead atoms.